The smallest absolute Gasteiger partial charge is 0.338 e. The lowest BCUT2D eigenvalue weighted by atomic mass is 9.69. The fourth-order valence-electron chi connectivity index (χ4n) is 4.01. The van der Waals surface area contributed by atoms with Crippen molar-refractivity contribution in [2.75, 3.05) is 6.54 Å². The zero-order valence-electron chi connectivity index (χ0n) is 16.7. The molecule has 146 valence electrons. The van der Waals surface area contributed by atoms with Crippen LogP contribution in [0.3, 0.4) is 0 Å². The molecule has 1 aromatic carbocycles. The second-order valence-electron chi connectivity index (χ2n) is 8.59. The molecule has 4 unspecified atom stereocenters. The zero-order chi connectivity index (χ0) is 19.2. The van der Waals surface area contributed by atoms with Gasteiger partial charge >= 0.3 is 5.97 Å². The van der Waals surface area contributed by atoms with Gasteiger partial charge in [-0.05, 0) is 62.6 Å². The summed E-state index contributed by atoms with van der Waals surface area (Å²) in [6, 6.07) is 9.83. The summed E-state index contributed by atoms with van der Waals surface area (Å²) in [5.74, 6) is -0.123. The van der Waals surface area contributed by atoms with E-state index >= 15 is 0 Å². The molecule has 0 radical (unpaired) electrons. The molecule has 1 aliphatic heterocycles. The molecule has 0 spiro atoms. The Balaban J connectivity index is 0.000000290. The molecule has 3 rings (SSSR count). The van der Waals surface area contributed by atoms with Crippen LogP contribution in [-0.4, -0.2) is 35.9 Å². The minimum Gasteiger partial charge on any atom is -0.459 e. The molecule has 4 heteroatoms. The minimum absolute atomic E-state index is 0.110. The summed E-state index contributed by atoms with van der Waals surface area (Å²) in [7, 11) is 0. The Morgan fingerprint density at radius 3 is 2.38 bits per heavy atom. The highest BCUT2D eigenvalue weighted by molar-refractivity contribution is 5.89. The van der Waals surface area contributed by atoms with Crippen LogP contribution in [0.1, 0.15) is 70.2 Å². The zero-order valence-corrected chi connectivity index (χ0v) is 16.7. The molecule has 0 amide bonds. The minimum atomic E-state index is -0.334. The van der Waals surface area contributed by atoms with Crippen LogP contribution in [0.15, 0.2) is 30.3 Å². The van der Waals surface area contributed by atoms with E-state index in [9.17, 15) is 9.90 Å². The van der Waals surface area contributed by atoms with Gasteiger partial charge in [0.25, 0.3) is 0 Å². The number of nitrogens with one attached hydrogen (secondary N) is 1. The molecule has 1 heterocycles. The summed E-state index contributed by atoms with van der Waals surface area (Å²) in [6.07, 6.45) is 5.17. The Labute approximate surface area is 158 Å². The Morgan fingerprint density at radius 1 is 1.19 bits per heavy atom. The van der Waals surface area contributed by atoms with Crippen molar-refractivity contribution < 1.29 is 14.6 Å². The number of benzene rings is 1. The van der Waals surface area contributed by atoms with Crippen molar-refractivity contribution in [3.8, 4) is 0 Å². The van der Waals surface area contributed by atoms with Crippen LogP contribution in [0.2, 0.25) is 0 Å². The molecule has 2 fully saturated rings. The molecule has 2 N–H and O–H groups in total. The number of ether oxygens (including phenoxy) is 1. The van der Waals surface area contributed by atoms with Crippen LogP contribution < -0.4 is 5.32 Å². The number of piperidine rings is 1. The first-order valence-corrected chi connectivity index (χ1v) is 9.97. The average Bonchev–Trinajstić information content (AvgIpc) is 2.61. The van der Waals surface area contributed by atoms with Crippen molar-refractivity contribution in [3.63, 3.8) is 0 Å². The number of carbonyl (C=O) groups excluding carboxylic acids is 1. The summed E-state index contributed by atoms with van der Waals surface area (Å²) in [4.78, 5) is 12.0. The first-order chi connectivity index (χ1) is 12.3. The lowest BCUT2D eigenvalue weighted by Gasteiger charge is -2.42. The van der Waals surface area contributed by atoms with E-state index in [1.807, 2.05) is 39.0 Å². The third-order valence-corrected chi connectivity index (χ3v) is 5.57. The summed E-state index contributed by atoms with van der Waals surface area (Å²) in [5.41, 5.74) is 0.373. The number of rotatable bonds is 2. The van der Waals surface area contributed by atoms with Crippen molar-refractivity contribution in [1.29, 1.82) is 0 Å². The van der Waals surface area contributed by atoms with E-state index in [-0.39, 0.29) is 29.5 Å². The Bertz CT molecular complexity index is 552. The number of esters is 1. The monoisotopic (exact) mass is 361 g/mol. The molecule has 1 aromatic rings. The van der Waals surface area contributed by atoms with Gasteiger partial charge in [-0.25, -0.2) is 4.79 Å². The van der Waals surface area contributed by atoms with Crippen molar-refractivity contribution in [3.05, 3.63) is 35.9 Å². The number of carbonyl (C=O) groups is 1. The standard InChI is InChI=1S/C16H22O3.C6H13N/c1-11-9-13(10-16(2,3)14(11)17)19-15(18)12-7-5-4-6-8-12;1-6-4-2-3-5-7-6/h4-8,11,13-14,17H,9-10H2,1-3H3;6-7H,2-5H2,1H3. The molecule has 0 bridgehead atoms. The quantitative estimate of drug-likeness (QED) is 0.776. The fourth-order valence-corrected chi connectivity index (χ4v) is 4.01. The van der Waals surface area contributed by atoms with Crippen LogP contribution in [0.5, 0.6) is 0 Å². The third kappa shape index (κ3) is 6.10. The number of hydrogen-bond donors (Lipinski definition) is 2. The number of hydrogen-bond acceptors (Lipinski definition) is 4. The van der Waals surface area contributed by atoms with E-state index in [4.69, 9.17) is 4.74 Å². The fraction of sp³-hybridized carbons (Fsp3) is 0.682. The lowest BCUT2D eigenvalue weighted by molar-refractivity contribution is -0.0797. The van der Waals surface area contributed by atoms with Gasteiger partial charge in [0.2, 0.25) is 0 Å². The van der Waals surface area contributed by atoms with Gasteiger partial charge in [0.1, 0.15) is 6.10 Å². The van der Waals surface area contributed by atoms with Crippen molar-refractivity contribution in [1.82, 2.24) is 5.32 Å². The van der Waals surface area contributed by atoms with Gasteiger partial charge in [-0.2, -0.15) is 0 Å². The normalized spacial score (nSPS) is 30.7. The Hall–Kier alpha value is -1.39. The van der Waals surface area contributed by atoms with Gasteiger partial charge in [0.05, 0.1) is 11.7 Å². The lowest BCUT2D eigenvalue weighted by Crippen LogP contribution is -2.45. The summed E-state index contributed by atoms with van der Waals surface area (Å²) in [6.45, 7) is 9.54. The maximum atomic E-state index is 12.0. The molecule has 0 aromatic heterocycles. The van der Waals surface area contributed by atoms with Crippen LogP contribution in [-0.2, 0) is 4.74 Å². The second-order valence-corrected chi connectivity index (χ2v) is 8.59. The summed E-state index contributed by atoms with van der Waals surface area (Å²) in [5, 5.41) is 13.5. The Morgan fingerprint density at radius 2 is 1.88 bits per heavy atom. The molecule has 1 aliphatic carbocycles. The van der Waals surface area contributed by atoms with Crippen LogP contribution in [0.25, 0.3) is 0 Å². The average molecular weight is 362 g/mol. The molecule has 2 aliphatic rings. The first kappa shape index (κ1) is 20.9. The third-order valence-electron chi connectivity index (χ3n) is 5.57. The van der Waals surface area contributed by atoms with Crippen LogP contribution >= 0.6 is 0 Å². The second kappa shape index (κ2) is 9.52. The van der Waals surface area contributed by atoms with E-state index in [0.29, 0.717) is 12.0 Å². The molecule has 1 saturated heterocycles. The molecule has 4 nitrogen and oxygen atoms in total. The van der Waals surface area contributed by atoms with Gasteiger partial charge in [-0.3, -0.25) is 0 Å². The SMILES string of the molecule is CC1CC(OC(=O)c2ccccc2)CC(C)(C)C1O.CC1CCCCN1. The highest BCUT2D eigenvalue weighted by Gasteiger charge is 2.41. The van der Waals surface area contributed by atoms with E-state index in [1.54, 1.807) is 12.1 Å². The van der Waals surface area contributed by atoms with Crippen LogP contribution in [0.4, 0.5) is 0 Å². The summed E-state index contributed by atoms with van der Waals surface area (Å²) >= 11 is 0. The van der Waals surface area contributed by atoms with Gasteiger partial charge in [0.15, 0.2) is 0 Å². The van der Waals surface area contributed by atoms with Gasteiger partial charge < -0.3 is 15.2 Å². The van der Waals surface area contributed by atoms with E-state index < -0.39 is 0 Å². The van der Waals surface area contributed by atoms with Crippen molar-refractivity contribution in [2.45, 2.75) is 78.0 Å². The summed E-state index contributed by atoms with van der Waals surface area (Å²) < 4.78 is 5.58. The van der Waals surface area contributed by atoms with Gasteiger partial charge in [0, 0.05) is 6.04 Å². The van der Waals surface area contributed by atoms with E-state index in [1.165, 1.54) is 25.8 Å². The molecule has 1 saturated carbocycles. The number of aliphatic hydroxyl groups excluding tert-OH is 1. The van der Waals surface area contributed by atoms with Gasteiger partial charge in [-0.15, -0.1) is 0 Å². The molecular formula is C22H35NO3. The molecule has 26 heavy (non-hydrogen) atoms. The predicted octanol–water partition coefficient (Wildman–Crippen LogP) is 4.18. The Kier molecular flexibility index (Phi) is 7.66. The maximum absolute atomic E-state index is 12.0. The van der Waals surface area contributed by atoms with Crippen LogP contribution in [0, 0.1) is 11.3 Å². The van der Waals surface area contributed by atoms with Crippen molar-refractivity contribution >= 4 is 5.97 Å². The highest BCUT2D eigenvalue weighted by atomic mass is 16.5. The first-order valence-electron chi connectivity index (χ1n) is 9.97. The predicted molar refractivity (Wildman–Crippen MR) is 105 cm³/mol. The van der Waals surface area contributed by atoms with E-state index in [2.05, 4.69) is 12.2 Å². The molecule has 4 atom stereocenters. The highest BCUT2D eigenvalue weighted by Crippen LogP contribution is 2.40. The maximum Gasteiger partial charge on any atom is 0.338 e. The van der Waals surface area contributed by atoms with Gasteiger partial charge in [-0.1, -0.05) is 45.4 Å². The number of aliphatic hydroxyl groups is 1. The molecular weight excluding hydrogens is 326 g/mol. The van der Waals surface area contributed by atoms with Crippen molar-refractivity contribution in [2.24, 2.45) is 11.3 Å². The van der Waals surface area contributed by atoms with E-state index in [0.717, 1.165) is 12.5 Å². The topological polar surface area (TPSA) is 58.6 Å². The largest absolute Gasteiger partial charge is 0.459 e.